The maximum absolute atomic E-state index is 9.05. The summed E-state index contributed by atoms with van der Waals surface area (Å²) in [4.78, 5) is 2.52. The molecule has 3 unspecified atom stereocenters. The van der Waals surface area contributed by atoms with Gasteiger partial charge in [-0.05, 0) is 64.0 Å². The van der Waals surface area contributed by atoms with Gasteiger partial charge in [0.05, 0.1) is 6.07 Å². The minimum atomic E-state index is -0.699. The van der Waals surface area contributed by atoms with Crippen LogP contribution in [0.15, 0.2) is 0 Å². The topological polar surface area (TPSA) is 53.1 Å². The maximum atomic E-state index is 9.05. The van der Waals surface area contributed by atoms with Gasteiger partial charge in [0.15, 0.2) is 0 Å². The van der Waals surface area contributed by atoms with E-state index in [4.69, 9.17) is 11.0 Å². The van der Waals surface area contributed by atoms with Crippen molar-refractivity contribution in [2.24, 2.45) is 17.1 Å². The van der Waals surface area contributed by atoms with Crippen LogP contribution in [0.2, 0.25) is 0 Å². The normalized spacial score (nSPS) is 27.1. The minimum Gasteiger partial charge on any atom is -0.314 e. The number of hydrogen-bond donors (Lipinski definition) is 1. The molecule has 0 radical (unpaired) electrons. The van der Waals surface area contributed by atoms with Crippen LogP contribution in [0.5, 0.6) is 0 Å². The summed E-state index contributed by atoms with van der Waals surface area (Å²) in [5.41, 5.74) is 5.68. The summed E-state index contributed by atoms with van der Waals surface area (Å²) in [6.07, 6.45) is 4.61. The molecule has 0 spiro atoms. The quantitative estimate of drug-likeness (QED) is 0.853. The van der Waals surface area contributed by atoms with Crippen molar-refractivity contribution in [2.75, 3.05) is 13.1 Å². The van der Waals surface area contributed by atoms with Crippen molar-refractivity contribution in [1.29, 1.82) is 5.26 Å². The summed E-state index contributed by atoms with van der Waals surface area (Å²) >= 11 is 0. The van der Waals surface area contributed by atoms with E-state index in [1.807, 2.05) is 6.92 Å². The Morgan fingerprint density at radius 3 is 2.42 bits per heavy atom. The van der Waals surface area contributed by atoms with Gasteiger partial charge >= 0.3 is 0 Å². The molecular formula is C16H31N3. The Labute approximate surface area is 119 Å². The largest absolute Gasteiger partial charge is 0.314 e. The van der Waals surface area contributed by atoms with Crippen LogP contribution in [0, 0.1) is 22.7 Å². The number of nitriles is 1. The highest BCUT2D eigenvalue weighted by Gasteiger charge is 2.30. The minimum absolute atomic E-state index is 0.397. The summed E-state index contributed by atoms with van der Waals surface area (Å²) in [7, 11) is 0. The van der Waals surface area contributed by atoms with Gasteiger partial charge in [-0.25, -0.2) is 0 Å². The lowest BCUT2D eigenvalue weighted by molar-refractivity contribution is 0.174. The van der Waals surface area contributed by atoms with E-state index in [1.54, 1.807) is 0 Å². The Bertz CT molecular complexity index is 322. The van der Waals surface area contributed by atoms with E-state index in [0.717, 1.165) is 25.4 Å². The summed E-state index contributed by atoms with van der Waals surface area (Å²) in [6.45, 7) is 13.4. The molecule has 19 heavy (non-hydrogen) atoms. The first-order valence-corrected chi connectivity index (χ1v) is 7.60. The Kier molecular flexibility index (Phi) is 5.41. The molecule has 3 nitrogen and oxygen atoms in total. The highest BCUT2D eigenvalue weighted by atomic mass is 15.2. The van der Waals surface area contributed by atoms with E-state index in [0.29, 0.717) is 11.5 Å². The van der Waals surface area contributed by atoms with E-state index < -0.39 is 5.54 Å². The van der Waals surface area contributed by atoms with Gasteiger partial charge in [0.2, 0.25) is 0 Å². The number of hydrogen-bond acceptors (Lipinski definition) is 3. The molecule has 1 rings (SSSR count). The van der Waals surface area contributed by atoms with Crippen LogP contribution >= 0.6 is 0 Å². The lowest BCUT2D eigenvalue weighted by Crippen LogP contribution is -2.44. The molecule has 0 amide bonds. The Balaban J connectivity index is 2.56. The first kappa shape index (κ1) is 16.5. The molecule has 0 aromatic rings. The van der Waals surface area contributed by atoms with Gasteiger partial charge in [-0.1, -0.05) is 20.8 Å². The SMILES string of the molecule is CC(CC(C)(N)C#N)N1CCCC(C(C)(C)C)CC1. The second-order valence-corrected chi connectivity index (χ2v) is 7.61. The third kappa shape index (κ3) is 5.12. The smallest absolute Gasteiger partial charge is 0.102 e. The fraction of sp³-hybridized carbons (Fsp3) is 0.938. The predicted molar refractivity (Wildman–Crippen MR) is 80.7 cm³/mol. The van der Waals surface area contributed by atoms with Crippen molar-refractivity contribution in [1.82, 2.24) is 4.90 Å². The second-order valence-electron chi connectivity index (χ2n) is 7.61. The Morgan fingerprint density at radius 1 is 1.26 bits per heavy atom. The van der Waals surface area contributed by atoms with E-state index in [2.05, 4.69) is 38.7 Å². The van der Waals surface area contributed by atoms with Crippen molar-refractivity contribution < 1.29 is 0 Å². The zero-order valence-corrected chi connectivity index (χ0v) is 13.4. The molecule has 0 aliphatic carbocycles. The molecule has 110 valence electrons. The highest BCUT2D eigenvalue weighted by molar-refractivity contribution is 5.02. The van der Waals surface area contributed by atoms with Crippen molar-refractivity contribution in [2.45, 2.75) is 71.9 Å². The molecule has 3 atom stereocenters. The third-order valence-electron chi connectivity index (χ3n) is 4.59. The van der Waals surface area contributed by atoms with Gasteiger partial charge in [0, 0.05) is 6.04 Å². The van der Waals surface area contributed by atoms with Crippen molar-refractivity contribution in [3.05, 3.63) is 0 Å². The van der Waals surface area contributed by atoms with Crippen LogP contribution in [0.4, 0.5) is 0 Å². The second kappa shape index (κ2) is 6.24. The number of rotatable bonds is 3. The lowest BCUT2D eigenvalue weighted by atomic mass is 9.77. The van der Waals surface area contributed by atoms with Gasteiger partial charge < -0.3 is 10.6 Å². The molecule has 1 fully saturated rings. The Morgan fingerprint density at radius 2 is 1.89 bits per heavy atom. The third-order valence-corrected chi connectivity index (χ3v) is 4.59. The van der Waals surface area contributed by atoms with Gasteiger partial charge in [-0.2, -0.15) is 5.26 Å². The first-order chi connectivity index (χ1) is 8.65. The average molecular weight is 265 g/mol. The zero-order valence-electron chi connectivity index (χ0n) is 13.4. The first-order valence-electron chi connectivity index (χ1n) is 7.60. The van der Waals surface area contributed by atoms with Crippen LogP contribution in [0.3, 0.4) is 0 Å². The van der Waals surface area contributed by atoms with Crippen LogP contribution in [0.1, 0.15) is 60.3 Å². The van der Waals surface area contributed by atoms with Crippen LogP contribution in [-0.2, 0) is 0 Å². The summed E-state index contributed by atoms with van der Waals surface area (Å²) < 4.78 is 0. The van der Waals surface area contributed by atoms with Gasteiger partial charge in [-0.15, -0.1) is 0 Å². The zero-order chi connectivity index (χ0) is 14.7. The molecule has 1 heterocycles. The maximum Gasteiger partial charge on any atom is 0.102 e. The molecule has 0 bridgehead atoms. The van der Waals surface area contributed by atoms with Crippen LogP contribution in [-0.4, -0.2) is 29.6 Å². The van der Waals surface area contributed by atoms with Crippen molar-refractivity contribution >= 4 is 0 Å². The number of nitrogens with zero attached hydrogens (tertiary/aromatic N) is 2. The van der Waals surface area contributed by atoms with Gasteiger partial charge in [-0.3, -0.25) is 0 Å². The summed E-state index contributed by atoms with van der Waals surface area (Å²) in [5.74, 6) is 0.810. The molecule has 3 heteroatoms. The molecular weight excluding hydrogens is 234 g/mol. The standard InChI is InChI=1S/C16H31N3/c1-13(11-16(5,18)12-17)19-9-6-7-14(8-10-19)15(2,3)4/h13-14H,6-11,18H2,1-5H3. The Hall–Kier alpha value is -0.590. The van der Waals surface area contributed by atoms with E-state index >= 15 is 0 Å². The molecule has 1 aliphatic heterocycles. The fourth-order valence-electron chi connectivity index (χ4n) is 3.21. The van der Waals surface area contributed by atoms with Crippen molar-refractivity contribution in [3.8, 4) is 6.07 Å². The monoisotopic (exact) mass is 265 g/mol. The predicted octanol–water partition coefficient (Wildman–Crippen LogP) is 3.15. The van der Waals surface area contributed by atoms with Crippen LogP contribution < -0.4 is 5.73 Å². The molecule has 0 aromatic heterocycles. The number of likely N-dealkylation sites (tertiary alicyclic amines) is 1. The van der Waals surface area contributed by atoms with Gasteiger partial charge in [0.25, 0.3) is 0 Å². The summed E-state index contributed by atoms with van der Waals surface area (Å²) in [5, 5.41) is 9.05. The molecule has 0 saturated carbocycles. The number of nitrogens with two attached hydrogens (primary N) is 1. The van der Waals surface area contributed by atoms with E-state index in [9.17, 15) is 0 Å². The molecule has 0 aromatic carbocycles. The highest BCUT2D eigenvalue weighted by Crippen LogP contribution is 2.34. The molecule has 1 saturated heterocycles. The van der Waals surface area contributed by atoms with E-state index in [-0.39, 0.29) is 0 Å². The van der Waals surface area contributed by atoms with E-state index in [1.165, 1.54) is 19.3 Å². The lowest BCUT2D eigenvalue weighted by Gasteiger charge is -2.32. The molecule has 2 N–H and O–H groups in total. The van der Waals surface area contributed by atoms with Crippen molar-refractivity contribution in [3.63, 3.8) is 0 Å². The van der Waals surface area contributed by atoms with Gasteiger partial charge in [0.1, 0.15) is 5.54 Å². The summed E-state index contributed by atoms with van der Waals surface area (Å²) in [6, 6.07) is 2.61. The average Bonchev–Trinajstić information content (AvgIpc) is 2.53. The molecule has 1 aliphatic rings. The fourth-order valence-corrected chi connectivity index (χ4v) is 3.21. The van der Waals surface area contributed by atoms with Crippen LogP contribution in [0.25, 0.3) is 0 Å².